The number of thiophene rings is 1. The molecule has 0 aliphatic heterocycles. The van der Waals surface area contributed by atoms with Crippen molar-refractivity contribution in [2.24, 2.45) is 0 Å². The lowest BCUT2D eigenvalue weighted by Crippen LogP contribution is -2.32. The zero-order valence-electron chi connectivity index (χ0n) is 16.3. The van der Waals surface area contributed by atoms with E-state index in [4.69, 9.17) is 4.74 Å². The van der Waals surface area contributed by atoms with Crippen LogP contribution >= 0.6 is 11.3 Å². The Balaban J connectivity index is 1.60. The molecule has 1 N–H and O–H groups in total. The van der Waals surface area contributed by atoms with E-state index in [9.17, 15) is 9.90 Å². The van der Waals surface area contributed by atoms with Gasteiger partial charge in [-0.2, -0.15) is 5.10 Å². The van der Waals surface area contributed by atoms with Crippen LogP contribution in [0.25, 0.3) is 21.3 Å². The van der Waals surface area contributed by atoms with Gasteiger partial charge >= 0.3 is 0 Å². The molecule has 2 aromatic heterocycles. The van der Waals surface area contributed by atoms with Crippen LogP contribution in [0.4, 0.5) is 0 Å². The van der Waals surface area contributed by atoms with Gasteiger partial charge < -0.3 is 9.84 Å². The minimum Gasteiger partial charge on any atom is -0.491 e. The largest absolute Gasteiger partial charge is 0.491 e. The van der Waals surface area contributed by atoms with Crippen molar-refractivity contribution in [3.8, 4) is 16.3 Å². The van der Waals surface area contributed by atoms with Crippen LogP contribution in [0, 0.1) is 13.8 Å². The molecule has 1 unspecified atom stereocenters. The molecular formula is C23H22N2O3S. The molecule has 1 atom stereocenters. The molecule has 0 amide bonds. The van der Waals surface area contributed by atoms with Crippen molar-refractivity contribution < 1.29 is 9.84 Å². The van der Waals surface area contributed by atoms with Crippen LogP contribution in [-0.2, 0) is 6.54 Å². The summed E-state index contributed by atoms with van der Waals surface area (Å²) >= 11 is 1.57. The molecule has 0 aliphatic carbocycles. The molecule has 0 saturated carbocycles. The van der Waals surface area contributed by atoms with Gasteiger partial charge in [-0.25, -0.2) is 4.68 Å². The van der Waals surface area contributed by atoms with E-state index in [1.165, 1.54) is 4.68 Å². The number of benzene rings is 2. The maximum absolute atomic E-state index is 12.9. The quantitative estimate of drug-likeness (QED) is 0.522. The second-order valence-corrected chi connectivity index (χ2v) is 8.09. The van der Waals surface area contributed by atoms with Crippen molar-refractivity contribution in [1.29, 1.82) is 0 Å². The summed E-state index contributed by atoms with van der Waals surface area (Å²) in [6, 6.07) is 17.3. The first-order valence-corrected chi connectivity index (χ1v) is 10.3. The number of fused-ring (bicyclic) bond motifs is 1. The molecule has 29 heavy (non-hydrogen) atoms. The summed E-state index contributed by atoms with van der Waals surface area (Å²) in [5.74, 6) is 0.708. The Hall–Kier alpha value is -2.96. The smallest absolute Gasteiger partial charge is 0.274 e. The van der Waals surface area contributed by atoms with Crippen LogP contribution in [-0.4, -0.2) is 27.6 Å². The summed E-state index contributed by atoms with van der Waals surface area (Å²) in [5, 5.41) is 18.5. The molecule has 0 aliphatic rings. The lowest BCUT2D eigenvalue weighted by Gasteiger charge is -2.15. The first-order valence-electron chi connectivity index (χ1n) is 9.44. The van der Waals surface area contributed by atoms with Gasteiger partial charge in [0.05, 0.1) is 16.8 Å². The molecular weight excluding hydrogens is 384 g/mol. The summed E-state index contributed by atoms with van der Waals surface area (Å²) < 4.78 is 7.08. The van der Waals surface area contributed by atoms with Gasteiger partial charge in [-0.05, 0) is 54.6 Å². The van der Waals surface area contributed by atoms with Gasteiger partial charge in [0.2, 0.25) is 0 Å². The fourth-order valence-electron chi connectivity index (χ4n) is 3.42. The highest BCUT2D eigenvalue weighted by Crippen LogP contribution is 2.28. The summed E-state index contributed by atoms with van der Waals surface area (Å²) in [6.45, 7) is 4.15. The average molecular weight is 407 g/mol. The number of ether oxygens (including phenoxy) is 1. The Morgan fingerprint density at radius 1 is 1.07 bits per heavy atom. The first-order chi connectivity index (χ1) is 14.0. The Kier molecular flexibility index (Phi) is 5.47. The third-order valence-electron chi connectivity index (χ3n) is 4.64. The molecule has 0 saturated heterocycles. The average Bonchev–Trinajstić information content (AvgIpc) is 3.22. The Morgan fingerprint density at radius 3 is 2.48 bits per heavy atom. The van der Waals surface area contributed by atoms with Gasteiger partial charge in [-0.15, -0.1) is 11.3 Å². The number of aliphatic hydroxyl groups excluding tert-OH is 1. The predicted molar refractivity (Wildman–Crippen MR) is 117 cm³/mol. The summed E-state index contributed by atoms with van der Waals surface area (Å²) in [6.07, 6.45) is -0.863. The van der Waals surface area contributed by atoms with Crippen molar-refractivity contribution in [2.75, 3.05) is 6.61 Å². The van der Waals surface area contributed by atoms with Gasteiger partial charge in [0, 0.05) is 5.39 Å². The molecule has 2 aromatic carbocycles. The van der Waals surface area contributed by atoms with E-state index >= 15 is 0 Å². The normalized spacial score (nSPS) is 12.2. The van der Waals surface area contributed by atoms with Crippen LogP contribution in [0.15, 0.2) is 64.8 Å². The van der Waals surface area contributed by atoms with Gasteiger partial charge in [0.15, 0.2) is 0 Å². The second-order valence-electron chi connectivity index (χ2n) is 7.15. The highest BCUT2D eigenvalue weighted by molar-refractivity contribution is 7.13. The molecule has 0 radical (unpaired) electrons. The monoisotopic (exact) mass is 406 g/mol. The standard InChI is InChI=1S/C23H22N2O3S/c1-15-10-16(2)12-18(11-15)28-14-17(26)13-25-23(27)20-7-4-3-6-19(20)22(24-25)21-8-5-9-29-21/h3-12,17,26H,13-14H2,1-2H3. The topological polar surface area (TPSA) is 64.3 Å². The van der Waals surface area contributed by atoms with Gasteiger partial charge in [-0.1, -0.05) is 30.3 Å². The number of rotatable bonds is 6. The molecule has 0 spiro atoms. The summed E-state index contributed by atoms with van der Waals surface area (Å²) in [4.78, 5) is 13.9. The zero-order chi connectivity index (χ0) is 20.4. The van der Waals surface area contributed by atoms with Crippen molar-refractivity contribution in [3.63, 3.8) is 0 Å². The Labute approximate surface area is 172 Å². The molecule has 148 valence electrons. The van der Waals surface area contributed by atoms with E-state index < -0.39 is 6.10 Å². The third kappa shape index (κ3) is 4.23. The van der Waals surface area contributed by atoms with E-state index in [-0.39, 0.29) is 18.7 Å². The summed E-state index contributed by atoms with van der Waals surface area (Å²) in [5.41, 5.74) is 2.73. The predicted octanol–water partition coefficient (Wildman–Crippen LogP) is 4.18. The van der Waals surface area contributed by atoms with E-state index in [0.29, 0.717) is 11.1 Å². The van der Waals surface area contributed by atoms with Crippen LogP contribution in [0.1, 0.15) is 11.1 Å². The SMILES string of the molecule is Cc1cc(C)cc(OCC(O)Cn2nc(-c3cccs3)c3ccccc3c2=O)c1. The lowest BCUT2D eigenvalue weighted by atomic mass is 10.1. The van der Waals surface area contributed by atoms with Gasteiger partial charge in [0.1, 0.15) is 24.2 Å². The molecule has 4 aromatic rings. The van der Waals surface area contributed by atoms with E-state index in [0.717, 1.165) is 27.1 Å². The van der Waals surface area contributed by atoms with Crippen LogP contribution in [0.3, 0.4) is 0 Å². The fraction of sp³-hybridized carbons (Fsp3) is 0.217. The van der Waals surface area contributed by atoms with Crippen molar-refractivity contribution in [1.82, 2.24) is 9.78 Å². The number of aryl methyl sites for hydroxylation is 2. The van der Waals surface area contributed by atoms with E-state index in [1.807, 2.05) is 61.7 Å². The van der Waals surface area contributed by atoms with Crippen LogP contribution in [0.2, 0.25) is 0 Å². The first kappa shape index (κ1) is 19.4. The molecule has 0 bridgehead atoms. The number of nitrogens with zero attached hydrogens (tertiary/aromatic N) is 2. The number of aliphatic hydroxyl groups is 1. The highest BCUT2D eigenvalue weighted by atomic mass is 32.1. The van der Waals surface area contributed by atoms with Crippen molar-refractivity contribution in [2.45, 2.75) is 26.5 Å². The van der Waals surface area contributed by atoms with Crippen LogP contribution in [0.5, 0.6) is 5.75 Å². The molecule has 6 heteroatoms. The Bertz CT molecular complexity index is 1180. The van der Waals surface area contributed by atoms with E-state index in [2.05, 4.69) is 11.2 Å². The minimum absolute atomic E-state index is 0.0623. The fourth-order valence-corrected chi connectivity index (χ4v) is 4.14. The number of hydrogen-bond acceptors (Lipinski definition) is 5. The van der Waals surface area contributed by atoms with E-state index in [1.54, 1.807) is 17.4 Å². The van der Waals surface area contributed by atoms with Crippen molar-refractivity contribution in [3.05, 3.63) is 81.5 Å². The molecule has 2 heterocycles. The molecule has 0 fully saturated rings. The van der Waals surface area contributed by atoms with Crippen molar-refractivity contribution >= 4 is 22.1 Å². The molecule has 4 rings (SSSR count). The minimum atomic E-state index is -0.863. The third-order valence-corrected chi connectivity index (χ3v) is 5.52. The lowest BCUT2D eigenvalue weighted by molar-refractivity contribution is 0.0882. The maximum atomic E-state index is 12.9. The second kappa shape index (κ2) is 8.19. The van der Waals surface area contributed by atoms with Gasteiger partial charge in [0.25, 0.3) is 5.56 Å². The maximum Gasteiger partial charge on any atom is 0.274 e. The molecule has 5 nitrogen and oxygen atoms in total. The highest BCUT2D eigenvalue weighted by Gasteiger charge is 2.15. The zero-order valence-corrected chi connectivity index (χ0v) is 17.1. The summed E-state index contributed by atoms with van der Waals surface area (Å²) in [7, 11) is 0. The van der Waals surface area contributed by atoms with Crippen LogP contribution < -0.4 is 10.3 Å². The van der Waals surface area contributed by atoms with Gasteiger partial charge in [-0.3, -0.25) is 4.79 Å². The Morgan fingerprint density at radius 2 is 1.79 bits per heavy atom. The number of aromatic nitrogens is 2. The number of hydrogen-bond donors (Lipinski definition) is 1.